The minimum absolute atomic E-state index is 0.0684. The van der Waals surface area contributed by atoms with Gasteiger partial charge in [-0.05, 0) is 44.9 Å². The van der Waals surface area contributed by atoms with Gasteiger partial charge in [0, 0.05) is 20.8 Å². The van der Waals surface area contributed by atoms with Crippen LogP contribution < -0.4 is 0 Å². The molecule has 0 atom stereocenters. The van der Waals surface area contributed by atoms with Crippen LogP contribution >= 0.6 is 23.2 Å². The van der Waals surface area contributed by atoms with E-state index in [4.69, 9.17) is 23.2 Å². The Hall–Kier alpha value is -1.24. The molecular formula is C20H18Cl2. The van der Waals surface area contributed by atoms with Crippen LogP contribution in [0, 0.1) is 0 Å². The van der Waals surface area contributed by atoms with Gasteiger partial charge in [-0.15, -0.1) is 0 Å². The summed E-state index contributed by atoms with van der Waals surface area (Å²) in [4.78, 5) is 0. The van der Waals surface area contributed by atoms with Crippen LogP contribution in [0.15, 0.2) is 36.4 Å². The summed E-state index contributed by atoms with van der Waals surface area (Å²) in [5.74, 6) is 0. The van der Waals surface area contributed by atoms with E-state index >= 15 is 0 Å². The highest BCUT2D eigenvalue weighted by Crippen LogP contribution is 2.61. The molecule has 0 nitrogen and oxygen atoms in total. The molecule has 0 spiro atoms. The largest absolute Gasteiger partial charge is 0.0837 e. The molecule has 0 aromatic heterocycles. The van der Waals surface area contributed by atoms with Crippen LogP contribution in [0.3, 0.4) is 0 Å². The molecule has 112 valence electrons. The molecule has 0 saturated heterocycles. The molecule has 0 radical (unpaired) electrons. The van der Waals surface area contributed by atoms with Crippen molar-refractivity contribution >= 4 is 44.7 Å². The molecule has 2 heteroatoms. The van der Waals surface area contributed by atoms with Crippen LogP contribution in [0.5, 0.6) is 0 Å². The normalized spacial score (nSPS) is 18.3. The monoisotopic (exact) mass is 328 g/mol. The van der Waals surface area contributed by atoms with Crippen molar-refractivity contribution in [3.05, 3.63) is 57.6 Å². The molecule has 0 fully saturated rings. The lowest BCUT2D eigenvalue weighted by Crippen LogP contribution is -2.51. The fraction of sp³-hybridized carbons (Fsp3) is 0.300. The van der Waals surface area contributed by atoms with Crippen LogP contribution in [-0.2, 0) is 10.8 Å². The average molecular weight is 329 g/mol. The van der Waals surface area contributed by atoms with Gasteiger partial charge in [0.05, 0.1) is 0 Å². The predicted octanol–water partition coefficient (Wildman–Crippen LogP) is 6.87. The van der Waals surface area contributed by atoms with Crippen LogP contribution in [-0.4, -0.2) is 0 Å². The SMILES string of the molecule is CC1(C)c2c(c3c(Cl)cccc3c3cccc(Cl)c23)C1(C)C. The first-order valence-corrected chi connectivity index (χ1v) is 8.37. The van der Waals surface area contributed by atoms with Gasteiger partial charge < -0.3 is 0 Å². The molecule has 0 unspecified atom stereocenters. The standard InChI is InChI=1S/C20H18Cl2/c1-19(2)17-15-11(7-5-9-13(15)21)12-8-6-10-14(22)16(12)18(17)20(19,3)4/h5-10H,1-4H3. The van der Waals surface area contributed by atoms with Gasteiger partial charge in [0.25, 0.3) is 0 Å². The average Bonchev–Trinajstić information content (AvgIpc) is 2.46. The van der Waals surface area contributed by atoms with Gasteiger partial charge in [-0.3, -0.25) is 0 Å². The number of fused-ring (bicyclic) bond motifs is 6. The molecule has 0 bridgehead atoms. The van der Waals surface area contributed by atoms with Crippen molar-refractivity contribution in [2.45, 2.75) is 38.5 Å². The first kappa shape index (κ1) is 14.4. The van der Waals surface area contributed by atoms with Crippen molar-refractivity contribution < 1.29 is 0 Å². The number of benzene rings is 3. The van der Waals surface area contributed by atoms with E-state index < -0.39 is 0 Å². The van der Waals surface area contributed by atoms with Crippen molar-refractivity contribution in [1.82, 2.24) is 0 Å². The first-order chi connectivity index (χ1) is 10.3. The Bertz CT molecular complexity index is 870. The summed E-state index contributed by atoms with van der Waals surface area (Å²) in [5.41, 5.74) is 2.86. The molecule has 0 amide bonds. The second-order valence-electron chi connectivity index (χ2n) is 7.32. The number of hydrogen-bond donors (Lipinski definition) is 0. The van der Waals surface area contributed by atoms with Crippen molar-refractivity contribution in [3.8, 4) is 0 Å². The quantitative estimate of drug-likeness (QED) is 0.395. The highest BCUT2D eigenvalue weighted by molar-refractivity contribution is 6.40. The third kappa shape index (κ3) is 1.46. The first-order valence-electron chi connectivity index (χ1n) is 7.62. The molecule has 0 N–H and O–H groups in total. The number of rotatable bonds is 0. The lowest BCUT2D eigenvalue weighted by atomic mass is 9.48. The molecule has 3 aromatic rings. The highest BCUT2D eigenvalue weighted by atomic mass is 35.5. The zero-order valence-corrected chi connectivity index (χ0v) is 14.7. The fourth-order valence-electron chi connectivity index (χ4n) is 4.07. The molecule has 4 rings (SSSR count). The molecule has 0 heterocycles. The van der Waals surface area contributed by atoms with Gasteiger partial charge >= 0.3 is 0 Å². The second-order valence-corrected chi connectivity index (χ2v) is 8.14. The van der Waals surface area contributed by atoms with Gasteiger partial charge in [0.1, 0.15) is 0 Å². The summed E-state index contributed by atoms with van der Waals surface area (Å²) in [6, 6.07) is 12.3. The third-order valence-corrected chi connectivity index (χ3v) is 6.51. The molecule has 1 aliphatic carbocycles. The van der Waals surface area contributed by atoms with E-state index in [0.717, 1.165) is 10.0 Å². The molecular weight excluding hydrogens is 311 g/mol. The molecule has 1 aliphatic rings. The van der Waals surface area contributed by atoms with Crippen molar-refractivity contribution in [2.75, 3.05) is 0 Å². The maximum Gasteiger partial charge on any atom is 0.0487 e. The predicted molar refractivity (Wildman–Crippen MR) is 97.5 cm³/mol. The second kappa shape index (κ2) is 4.19. The number of hydrogen-bond acceptors (Lipinski definition) is 0. The van der Waals surface area contributed by atoms with Crippen LogP contribution in [0.2, 0.25) is 10.0 Å². The van der Waals surface area contributed by atoms with Crippen molar-refractivity contribution in [2.24, 2.45) is 0 Å². The Morgan fingerprint density at radius 3 is 1.36 bits per heavy atom. The van der Waals surface area contributed by atoms with Crippen molar-refractivity contribution in [1.29, 1.82) is 0 Å². The fourth-order valence-corrected chi connectivity index (χ4v) is 4.61. The Balaban J connectivity index is 2.39. The highest BCUT2D eigenvalue weighted by Gasteiger charge is 2.53. The zero-order valence-electron chi connectivity index (χ0n) is 13.2. The van der Waals surface area contributed by atoms with Crippen molar-refractivity contribution in [3.63, 3.8) is 0 Å². The van der Waals surface area contributed by atoms with Gasteiger partial charge in [-0.2, -0.15) is 0 Å². The van der Waals surface area contributed by atoms with E-state index in [0.29, 0.717) is 0 Å². The van der Waals surface area contributed by atoms with Gasteiger partial charge in [-0.25, -0.2) is 0 Å². The Morgan fingerprint density at radius 2 is 1.00 bits per heavy atom. The molecule has 0 saturated carbocycles. The van der Waals surface area contributed by atoms with Gasteiger partial charge in [-0.1, -0.05) is 75.2 Å². The Morgan fingerprint density at radius 1 is 0.636 bits per heavy atom. The van der Waals surface area contributed by atoms with E-state index in [9.17, 15) is 0 Å². The van der Waals surface area contributed by atoms with E-state index in [-0.39, 0.29) is 10.8 Å². The smallest absolute Gasteiger partial charge is 0.0487 e. The maximum absolute atomic E-state index is 6.60. The zero-order chi connectivity index (χ0) is 15.9. The summed E-state index contributed by atoms with van der Waals surface area (Å²) in [7, 11) is 0. The molecule has 3 aromatic carbocycles. The van der Waals surface area contributed by atoms with Gasteiger partial charge in [0.15, 0.2) is 0 Å². The number of halogens is 2. The van der Waals surface area contributed by atoms with Crippen LogP contribution in [0.25, 0.3) is 21.5 Å². The summed E-state index contributed by atoms with van der Waals surface area (Å²) < 4.78 is 0. The van der Waals surface area contributed by atoms with Crippen LogP contribution in [0.4, 0.5) is 0 Å². The Kier molecular flexibility index (Phi) is 2.73. The topological polar surface area (TPSA) is 0 Å². The third-order valence-electron chi connectivity index (χ3n) is 5.88. The lowest BCUT2D eigenvalue weighted by molar-refractivity contribution is 0.249. The van der Waals surface area contributed by atoms with E-state index in [1.54, 1.807) is 0 Å². The molecule has 22 heavy (non-hydrogen) atoms. The van der Waals surface area contributed by atoms with Gasteiger partial charge in [0.2, 0.25) is 0 Å². The minimum Gasteiger partial charge on any atom is -0.0837 e. The Labute approximate surface area is 141 Å². The summed E-state index contributed by atoms with van der Waals surface area (Å²) >= 11 is 13.2. The lowest BCUT2D eigenvalue weighted by Gasteiger charge is -2.55. The van der Waals surface area contributed by atoms with E-state index in [1.165, 1.54) is 32.7 Å². The van der Waals surface area contributed by atoms with E-state index in [1.807, 2.05) is 24.3 Å². The van der Waals surface area contributed by atoms with E-state index in [2.05, 4.69) is 39.8 Å². The summed E-state index contributed by atoms with van der Waals surface area (Å²) in [5, 5.41) is 6.45. The summed E-state index contributed by atoms with van der Waals surface area (Å²) in [6.45, 7) is 9.23. The maximum atomic E-state index is 6.60. The summed E-state index contributed by atoms with van der Waals surface area (Å²) in [6.07, 6.45) is 0. The molecule has 0 aliphatic heterocycles. The van der Waals surface area contributed by atoms with Crippen LogP contribution in [0.1, 0.15) is 38.8 Å². The minimum atomic E-state index is 0.0684.